The molecule has 2 aromatic rings. The van der Waals surface area contributed by atoms with Gasteiger partial charge in [0.1, 0.15) is 12.6 Å². The number of benzene rings is 2. The number of aryl methyl sites for hydroxylation is 1. The molecule has 174 valence electrons. The third kappa shape index (κ3) is 7.09. The van der Waals surface area contributed by atoms with Crippen LogP contribution in [0.5, 0.6) is 0 Å². The van der Waals surface area contributed by atoms with E-state index in [0.29, 0.717) is 18.7 Å². The van der Waals surface area contributed by atoms with Crippen molar-refractivity contribution in [3.05, 3.63) is 65.7 Å². The smallest absolute Gasteiger partial charge is 0.244 e. The lowest BCUT2D eigenvalue weighted by Gasteiger charge is -2.32. The lowest BCUT2D eigenvalue weighted by Crippen LogP contribution is -2.52. The number of amides is 2. The molecule has 0 fully saturated rings. The number of rotatable bonds is 11. The Kier molecular flexibility index (Phi) is 9.26. The van der Waals surface area contributed by atoms with Crippen LogP contribution in [0.15, 0.2) is 54.6 Å². The molecule has 0 heterocycles. The predicted octanol–water partition coefficient (Wildman–Crippen LogP) is 3.09. The van der Waals surface area contributed by atoms with Gasteiger partial charge in [0.25, 0.3) is 0 Å². The molecule has 0 aliphatic heterocycles. The Morgan fingerprint density at radius 3 is 2.16 bits per heavy atom. The monoisotopic (exact) mass is 459 g/mol. The second kappa shape index (κ2) is 11.7. The molecule has 0 bridgehead atoms. The molecule has 0 radical (unpaired) electrons. The van der Waals surface area contributed by atoms with Crippen molar-refractivity contribution in [1.29, 1.82) is 0 Å². The Labute approximate surface area is 191 Å². The van der Waals surface area contributed by atoms with E-state index in [1.807, 2.05) is 51.1 Å². The zero-order valence-corrected chi connectivity index (χ0v) is 20.1. The van der Waals surface area contributed by atoms with Crippen molar-refractivity contribution in [1.82, 2.24) is 10.2 Å². The largest absolute Gasteiger partial charge is 0.354 e. The summed E-state index contributed by atoms with van der Waals surface area (Å²) in [6, 6.07) is 15.6. The molecule has 2 aromatic carbocycles. The van der Waals surface area contributed by atoms with Gasteiger partial charge in [-0.2, -0.15) is 0 Å². The predicted molar refractivity (Wildman–Crippen MR) is 128 cm³/mol. The number of hydrogen-bond acceptors (Lipinski definition) is 4. The molecule has 2 rings (SSSR count). The lowest BCUT2D eigenvalue weighted by atomic mass is 10.1. The van der Waals surface area contributed by atoms with Crippen LogP contribution >= 0.6 is 0 Å². The maximum Gasteiger partial charge on any atom is 0.244 e. The molecule has 0 aliphatic rings. The molecule has 8 heteroatoms. The summed E-state index contributed by atoms with van der Waals surface area (Å²) in [5.74, 6) is -0.668. The maximum absolute atomic E-state index is 13.5. The average Bonchev–Trinajstić information content (AvgIpc) is 2.76. The first-order chi connectivity index (χ1) is 15.2. The molecule has 1 N–H and O–H groups in total. The van der Waals surface area contributed by atoms with Crippen LogP contribution in [0, 0.1) is 6.92 Å². The molecular formula is C24H33N3O4S. The normalized spacial score (nSPS) is 12.1. The molecule has 0 unspecified atom stereocenters. The Morgan fingerprint density at radius 2 is 1.62 bits per heavy atom. The van der Waals surface area contributed by atoms with Crippen LogP contribution in [-0.2, 0) is 26.2 Å². The molecule has 32 heavy (non-hydrogen) atoms. The highest BCUT2D eigenvalue weighted by molar-refractivity contribution is 7.92. The standard InChI is InChI=1S/C24H33N3O4S/c1-5-16-25-24(29)22(6-2)26(17-20-10-8-7-9-11-20)23(28)18-27(32(4,30)31)21-14-12-19(3)13-15-21/h7-15,22H,5-6,16-18H2,1-4H3,(H,25,29)/t22-/m0/s1. The summed E-state index contributed by atoms with van der Waals surface area (Å²) < 4.78 is 26.1. The second-order valence-electron chi connectivity index (χ2n) is 7.83. The summed E-state index contributed by atoms with van der Waals surface area (Å²) in [4.78, 5) is 27.8. The minimum absolute atomic E-state index is 0.212. The van der Waals surface area contributed by atoms with Crippen LogP contribution in [0.4, 0.5) is 5.69 Å². The van der Waals surface area contributed by atoms with E-state index in [0.717, 1.165) is 28.1 Å². The molecule has 0 spiro atoms. The van der Waals surface area contributed by atoms with Crippen LogP contribution in [0.3, 0.4) is 0 Å². The van der Waals surface area contributed by atoms with Crippen LogP contribution in [0.1, 0.15) is 37.8 Å². The zero-order chi connectivity index (χ0) is 23.7. The molecule has 0 aliphatic carbocycles. The van der Waals surface area contributed by atoms with Crippen LogP contribution in [0.2, 0.25) is 0 Å². The molecule has 0 aromatic heterocycles. The van der Waals surface area contributed by atoms with Crippen molar-refractivity contribution < 1.29 is 18.0 Å². The number of sulfonamides is 1. The van der Waals surface area contributed by atoms with E-state index in [9.17, 15) is 18.0 Å². The van der Waals surface area contributed by atoms with Gasteiger partial charge in [-0.15, -0.1) is 0 Å². The lowest BCUT2D eigenvalue weighted by molar-refractivity contribution is -0.140. The van der Waals surface area contributed by atoms with Gasteiger partial charge in [0.15, 0.2) is 0 Å². The van der Waals surface area contributed by atoms with E-state index in [4.69, 9.17) is 0 Å². The molecule has 0 saturated carbocycles. The van der Waals surface area contributed by atoms with Crippen LogP contribution < -0.4 is 9.62 Å². The first-order valence-corrected chi connectivity index (χ1v) is 12.7. The molecular weight excluding hydrogens is 426 g/mol. The molecule has 0 saturated heterocycles. The van der Waals surface area contributed by atoms with Gasteiger partial charge in [-0.05, 0) is 37.5 Å². The van der Waals surface area contributed by atoms with Crippen molar-refractivity contribution in [2.45, 2.75) is 46.2 Å². The van der Waals surface area contributed by atoms with Crippen molar-refractivity contribution in [2.75, 3.05) is 23.7 Å². The number of nitrogens with one attached hydrogen (secondary N) is 1. The highest BCUT2D eigenvalue weighted by Crippen LogP contribution is 2.20. The Balaban J connectivity index is 2.38. The van der Waals surface area contributed by atoms with Gasteiger partial charge >= 0.3 is 0 Å². The maximum atomic E-state index is 13.5. The van der Waals surface area contributed by atoms with E-state index >= 15 is 0 Å². The Bertz CT molecular complexity index is 992. The van der Waals surface area contributed by atoms with Crippen LogP contribution in [0.25, 0.3) is 0 Å². The first kappa shape index (κ1) is 25.4. The highest BCUT2D eigenvalue weighted by Gasteiger charge is 2.31. The van der Waals surface area contributed by atoms with Crippen molar-refractivity contribution in [3.63, 3.8) is 0 Å². The minimum Gasteiger partial charge on any atom is -0.354 e. The van der Waals surface area contributed by atoms with Crippen molar-refractivity contribution >= 4 is 27.5 Å². The van der Waals surface area contributed by atoms with Crippen molar-refractivity contribution in [3.8, 4) is 0 Å². The summed E-state index contributed by atoms with van der Waals surface area (Å²) in [6.07, 6.45) is 2.27. The van der Waals surface area contributed by atoms with Crippen molar-refractivity contribution in [2.24, 2.45) is 0 Å². The minimum atomic E-state index is -3.71. The van der Waals surface area contributed by atoms with Gasteiger partial charge in [0.05, 0.1) is 11.9 Å². The number of carbonyl (C=O) groups is 2. The van der Waals surface area contributed by atoms with Gasteiger partial charge in [-0.3, -0.25) is 13.9 Å². The van der Waals surface area contributed by atoms with Gasteiger partial charge in [0, 0.05) is 13.1 Å². The topological polar surface area (TPSA) is 86.8 Å². The Morgan fingerprint density at radius 1 is 1.00 bits per heavy atom. The number of carbonyl (C=O) groups excluding carboxylic acids is 2. The van der Waals surface area contributed by atoms with E-state index < -0.39 is 22.0 Å². The highest BCUT2D eigenvalue weighted by atomic mass is 32.2. The summed E-state index contributed by atoms with van der Waals surface area (Å²) in [6.45, 7) is 6.05. The van der Waals surface area contributed by atoms with E-state index in [1.165, 1.54) is 4.90 Å². The quantitative estimate of drug-likeness (QED) is 0.559. The van der Waals surface area contributed by atoms with Gasteiger partial charge in [0.2, 0.25) is 21.8 Å². The SMILES string of the molecule is CCCNC(=O)[C@H](CC)N(Cc1ccccc1)C(=O)CN(c1ccc(C)cc1)S(C)(=O)=O. The Hall–Kier alpha value is -2.87. The third-order valence-corrected chi connectivity index (χ3v) is 6.27. The van der Waals surface area contributed by atoms with Gasteiger partial charge in [-0.25, -0.2) is 8.42 Å². The van der Waals surface area contributed by atoms with Crippen LogP contribution in [-0.4, -0.2) is 50.5 Å². The summed E-state index contributed by atoms with van der Waals surface area (Å²) >= 11 is 0. The fourth-order valence-corrected chi connectivity index (χ4v) is 4.24. The fraction of sp³-hybridized carbons (Fsp3) is 0.417. The van der Waals surface area contributed by atoms with E-state index in [2.05, 4.69) is 5.32 Å². The molecule has 1 atom stereocenters. The van der Waals surface area contributed by atoms with E-state index in [1.54, 1.807) is 24.3 Å². The fourth-order valence-electron chi connectivity index (χ4n) is 3.39. The first-order valence-electron chi connectivity index (χ1n) is 10.8. The van der Waals surface area contributed by atoms with E-state index in [-0.39, 0.29) is 19.0 Å². The molecule has 2 amide bonds. The third-order valence-electron chi connectivity index (χ3n) is 5.13. The average molecular weight is 460 g/mol. The zero-order valence-electron chi connectivity index (χ0n) is 19.2. The second-order valence-corrected chi connectivity index (χ2v) is 9.73. The summed E-state index contributed by atoms with van der Waals surface area (Å²) in [5.41, 5.74) is 2.26. The van der Waals surface area contributed by atoms with Gasteiger partial charge in [-0.1, -0.05) is 61.9 Å². The number of nitrogens with zero attached hydrogens (tertiary/aromatic N) is 2. The number of anilines is 1. The summed E-state index contributed by atoms with van der Waals surface area (Å²) in [5, 5.41) is 2.86. The number of hydrogen-bond donors (Lipinski definition) is 1. The molecule has 7 nitrogen and oxygen atoms in total. The summed E-state index contributed by atoms with van der Waals surface area (Å²) in [7, 11) is -3.71. The van der Waals surface area contributed by atoms with Gasteiger partial charge < -0.3 is 10.2 Å².